The third-order valence-corrected chi connectivity index (χ3v) is 4.87. The summed E-state index contributed by atoms with van der Waals surface area (Å²) in [6, 6.07) is 7.60. The van der Waals surface area contributed by atoms with Gasteiger partial charge < -0.3 is 10.2 Å². The number of sulfone groups is 1. The summed E-state index contributed by atoms with van der Waals surface area (Å²) in [6.07, 6.45) is -3.67. The van der Waals surface area contributed by atoms with Gasteiger partial charge in [0.2, 0.25) is 9.84 Å². The van der Waals surface area contributed by atoms with E-state index in [1.165, 1.54) is 12.1 Å². The molecule has 2 N–H and O–H groups in total. The number of hydrogen-bond acceptors (Lipinski definition) is 5. The second kappa shape index (κ2) is 6.49. The summed E-state index contributed by atoms with van der Waals surface area (Å²) in [7, 11) is -4.35. The molecular weight excluding hydrogens is 359 g/mol. The molecule has 0 aliphatic rings. The van der Waals surface area contributed by atoms with E-state index in [9.17, 15) is 31.8 Å². The van der Waals surface area contributed by atoms with Crippen LogP contribution in [0.5, 0.6) is 11.5 Å². The lowest BCUT2D eigenvalue weighted by atomic mass is 10.2. The minimum Gasteiger partial charge on any atom is -0.504 e. The van der Waals surface area contributed by atoms with E-state index in [1.54, 1.807) is 0 Å². The van der Waals surface area contributed by atoms with Crippen molar-refractivity contribution in [2.75, 3.05) is 0 Å². The van der Waals surface area contributed by atoms with Crippen molar-refractivity contribution < 1.29 is 31.8 Å². The highest BCUT2D eigenvalue weighted by molar-refractivity contribution is 7.95. The fourth-order valence-electron chi connectivity index (χ4n) is 1.90. The summed E-state index contributed by atoms with van der Waals surface area (Å²) in [4.78, 5) is -1.20. The van der Waals surface area contributed by atoms with E-state index in [1.807, 2.05) is 0 Å². The molecule has 2 aromatic carbocycles. The van der Waals surface area contributed by atoms with Crippen molar-refractivity contribution in [2.24, 2.45) is 0 Å². The number of allylic oxidation sites excluding steroid dienone is 1. The van der Waals surface area contributed by atoms with E-state index < -0.39 is 42.9 Å². The Hall–Kier alpha value is -2.99. The number of alkyl halides is 3. The van der Waals surface area contributed by atoms with Crippen LogP contribution in [0.15, 0.2) is 52.3 Å². The van der Waals surface area contributed by atoms with Gasteiger partial charge in [-0.2, -0.15) is 18.4 Å². The third-order valence-electron chi connectivity index (χ3n) is 3.19. The molecule has 25 heavy (non-hydrogen) atoms. The van der Waals surface area contributed by atoms with Gasteiger partial charge in [0, 0.05) is 0 Å². The number of benzene rings is 2. The number of hydrogen-bond donors (Lipinski definition) is 2. The quantitative estimate of drug-likeness (QED) is 0.638. The molecule has 0 aliphatic heterocycles. The highest BCUT2D eigenvalue weighted by atomic mass is 32.2. The lowest BCUT2D eigenvalue weighted by Gasteiger charge is -2.08. The molecule has 0 bridgehead atoms. The van der Waals surface area contributed by atoms with Gasteiger partial charge in [-0.25, -0.2) is 8.42 Å². The Balaban J connectivity index is 2.47. The minimum absolute atomic E-state index is 0.113. The maximum atomic E-state index is 12.5. The summed E-state index contributed by atoms with van der Waals surface area (Å²) >= 11 is 0. The average Bonchev–Trinajstić information content (AvgIpc) is 2.55. The van der Waals surface area contributed by atoms with Crippen molar-refractivity contribution in [1.82, 2.24) is 0 Å². The fourth-order valence-corrected chi connectivity index (χ4v) is 3.06. The van der Waals surface area contributed by atoms with Crippen LogP contribution in [0, 0.1) is 11.3 Å². The van der Waals surface area contributed by atoms with E-state index in [0.717, 1.165) is 30.3 Å². The average molecular weight is 369 g/mol. The van der Waals surface area contributed by atoms with Crippen molar-refractivity contribution >= 4 is 15.9 Å². The second-order valence-electron chi connectivity index (χ2n) is 4.89. The van der Waals surface area contributed by atoms with E-state index in [-0.39, 0.29) is 5.56 Å². The van der Waals surface area contributed by atoms with Crippen LogP contribution in [0.1, 0.15) is 11.1 Å². The Morgan fingerprint density at radius 1 is 1.04 bits per heavy atom. The normalized spacial score (nSPS) is 12.6. The molecule has 0 fully saturated rings. The smallest absolute Gasteiger partial charge is 0.416 e. The topological polar surface area (TPSA) is 98.4 Å². The summed E-state index contributed by atoms with van der Waals surface area (Å²) in [6.45, 7) is 0. The summed E-state index contributed by atoms with van der Waals surface area (Å²) in [5, 5.41) is 27.7. The molecule has 0 aromatic heterocycles. The van der Waals surface area contributed by atoms with Crippen molar-refractivity contribution in [2.45, 2.75) is 11.1 Å². The molecule has 9 heteroatoms. The van der Waals surface area contributed by atoms with Crippen molar-refractivity contribution in [1.29, 1.82) is 5.26 Å². The molecule has 0 radical (unpaired) electrons. The summed E-state index contributed by atoms with van der Waals surface area (Å²) in [5.41, 5.74) is -0.903. The van der Waals surface area contributed by atoms with Gasteiger partial charge in [-0.1, -0.05) is 6.07 Å². The molecule has 2 aromatic rings. The Morgan fingerprint density at radius 2 is 1.64 bits per heavy atom. The molecule has 5 nitrogen and oxygen atoms in total. The van der Waals surface area contributed by atoms with Crippen molar-refractivity contribution in [3.05, 3.63) is 58.5 Å². The Morgan fingerprint density at radius 3 is 2.12 bits per heavy atom. The van der Waals surface area contributed by atoms with Crippen LogP contribution in [-0.2, 0) is 16.0 Å². The standard InChI is InChI=1S/C16H10F3NO4S/c17-16(18,19)11-2-4-12(5-3-11)25(23,24)13(9-20)7-10-1-6-14(21)15(22)8-10/h1-8,21-22H. The predicted octanol–water partition coefficient (Wildman–Crippen LogP) is 3.45. The highest BCUT2D eigenvalue weighted by Gasteiger charge is 2.31. The number of phenolic OH excluding ortho intramolecular Hbond substituents is 2. The van der Waals surface area contributed by atoms with Gasteiger partial charge in [-0.05, 0) is 48.0 Å². The first kappa shape index (κ1) is 18.4. The Labute approximate surface area is 140 Å². The van der Waals surface area contributed by atoms with E-state index >= 15 is 0 Å². The molecule has 0 aliphatic carbocycles. The van der Waals surface area contributed by atoms with Gasteiger partial charge in [0.1, 0.15) is 11.0 Å². The maximum absolute atomic E-state index is 12.5. The zero-order valence-corrected chi connectivity index (χ0v) is 13.1. The summed E-state index contributed by atoms with van der Waals surface area (Å²) < 4.78 is 62.4. The molecule has 130 valence electrons. The molecule has 0 atom stereocenters. The van der Waals surface area contributed by atoms with Crippen LogP contribution in [0.25, 0.3) is 6.08 Å². The van der Waals surface area contributed by atoms with Gasteiger partial charge in [-0.3, -0.25) is 0 Å². The predicted molar refractivity (Wildman–Crippen MR) is 82.0 cm³/mol. The van der Waals surface area contributed by atoms with Crippen LogP contribution >= 0.6 is 0 Å². The van der Waals surface area contributed by atoms with E-state index in [0.29, 0.717) is 12.1 Å². The third kappa shape index (κ3) is 3.92. The summed E-state index contributed by atoms with van der Waals surface area (Å²) in [5.74, 6) is -0.945. The van der Waals surface area contributed by atoms with Crippen molar-refractivity contribution in [3.8, 4) is 17.6 Å². The van der Waals surface area contributed by atoms with Crippen LogP contribution < -0.4 is 0 Å². The molecule has 0 spiro atoms. The number of phenols is 2. The zero-order valence-electron chi connectivity index (χ0n) is 12.3. The minimum atomic E-state index is -4.61. The Kier molecular flexibility index (Phi) is 4.76. The molecule has 2 rings (SSSR count). The van der Waals surface area contributed by atoms with Gasteiger partial charge in [0.05, 0.1) is 10.5 Å². The first-order chi connectivity index (χ1) is 11.6. The first-order valence-electron chi connectivity index (χ1n) is 6.62. The number of rotatable bonds is 3. The molecule has 0 unspecified atom stereocenters. The van der Waals surface area contributed by atoms with E-state index in [2.05, 4.69) is 0 Å². The second-order valence-corrected chi connectivity index (χ2v) is 6.81. The molecular formula is C16H10F3NO4S. The molecule has 0 saturated carbocycles. The monoisotopic (exact) mass is 369 g/mol. The number of nitrogens with zero attached hydrogens (tertiary/aromatic N) is 1. The van der Waals surface area contributed by atoms with Crippen LogP contribution in [0.2, 0.25) is 0 Å². The molecule has 0 saturated heterocycles. The number of aromatic hydroxyl groups is 2. The largest absolute Gasteiger partial charge is 0.504 e. The zero-order chi connectivity index (χ0) is 18.8. The SMILES string of the molecule is N#CC(=Cc1ccc(O)c(O)c1)S(=O)(=O)c1ccc(C(F)(F)F)cc1. The number of nitriles is 1. The highest BCUT2D eigenvalue weighted by Crippen LogP contribution is 2.31. The van der Waals surface area contributed by atoms with Gasteiger partial charge >= 0.3 is 6.18 Å². The van der Waals surface area contributed by atoms with Gasteiger partial charge in [0.25, 0.3) is 0 Å². The molecule has 0 amide bonds. The lowest BCUT2D eigenvalue weighted by molar-refractivity contribution is -0.137. The van der Waals surface area contributed by atoms with E-state index in [4.69, 9.17) is 5.26 Å². The maximum Gasteiger partial charge on any atom is 0.416 e. The first-order valence-corrected chi connectivity index (χ1v) is 8.10. The lowest BCUT2D eigenvalue weighted by Crippen LogP contribution is -2.07. The number of halogens is 3. The fraction of sp³-hybridized carbons (Fsp3) is 0.0625. The van der Waals surface area contributed by atoms with Crippen molar-refractivity contribution in [3.63, 3.8) is 0 Å². The van der Waals surface area contributed by atoms with Gasteiger partial charge in [0.15, 0.2) is 11.5 Å². The Bertz CT molecular complexity index is 972. The van der Waals surface area contributed by atoms with Crippen LogP contribution in [-0.4, -0.2) is 18.6 Å². The van der Waals surface area contributed by atoms with Gasteiger partial charge in [-0.15, -0.1) is 0 Å². The van der Waals surface area contributed by atoms with Crippen LogP contribution in [0.3, 0.4) is 0 Å². The molecule has 0 heterocycles. The van der Waals surface area contributed by atoms with Crippen LogP contribution in [0.4, 0.5) is 13.2 Å².